The van der Waals surface area contributed by atoms with E-state index in [1.54, 1.807) is 12.1 Å². The number of nitrogens with two attached hydrogens (primary N) is 1. The van der Waals surface area contributed by atoms with Crippen molar-refractivity contribution in [1.29, 1.82) is 0 Å². The van der Waals surface area contributed by atoms with E-state index in [1.807, 2.05) is 6.92 Å². The number of rotatable bonds is 2. The fourth-order valence-electron chi connectivity index (χ4n) is 1.39. The molecule has 0 unspecified atom stereocenters. The molecule has 2 aromatic rings. The summed E-state index contributed by atoms with van der Waals surface area (Å²) in [7, 11) is 0. The smallest absolute Gasteiger partial charge is 0.137 e. The second-order valence-corrected chi connectivity index (χ2v) is 5.12. The zero-order valence-electron chi connectivity index (χ0n) is 8.63. The second-order valence-electron chi connectivity index (χ2n) is 3.43. The molecule has 0 spiro atoms. The number of aryl methyl sites for hydroxylation is 1. The van der Waals surface area contributed by atoms with Crippen LogP contribution in [0, 0.1) is 12.7 Å². The molecule has 2 N–H and O–H groups in total. The van der Waals surface area contributed by atoms with Gasteiger partial charge in [-0.2, -0.15) is 0 Å². The van der Waals surface area contributed by atoms with Gasteiger partial charge in [-0.3, -0.25) is 0 Å². The molecule has 2 rings (SSSR count). The number of nitrogens with zero attached hydrogens (tertiary/aromatic N) is 1. The molecule has 0 bridgehead atoms. The minimum absolute atomic E-state index is 0.307. The van der Waals surface area contributed by atoms with Crippen LogP contribution in [0.2, 0.25) is 5.02 Å². The summed E-state index contributed by atoms with van der Waals surface area (Å²) in [6, 6.07) is 4.65. The summed E-state index contributed by atoms with van der Waals surface area (Å²) in [5.74, 6) is 0.200. The number of benzene rings is 1. The second kappa shape index (κ2) is 4.39. The summed E-state index contributed by atoms with van der Waals surface area (Å²) in [6.45, 7) is 1.89. The number of hydrogen-bond donors (Lipinski definition) is 1. The van der Waals surface area contributed by atoms with E-state index in [4.69, 9.17) is 17.3 Å². The number of halogens is 2. The van der Waals surface area contributed by atoms with E-state index in [2.05, 4.69) is 4.98 Å². The lowest BCUT2D eigenvalue weighted by Crippen LogP contribution is -1.94. The van der Waals surface area contributed by atoms with E-state index in [1.165, 1.54) is 17.4 Å². The highest BCUT2D eigenvalue weighted by molar-refractivity contribution is 7.12. The van der Waals surface area contributed by atoms with E-state index in [-0.39, 0.29) is 5.82 Å². The minimum atomic E-state index is -0.307. The Morgan fingerprint density at radius 1 is 1.50 bits per heavy atom. The van der Waals surface area contributed by atoms with Gasteiger partial charge in [0, 0.05) is 21.9 Å². The molecule has 1 aromatic carbocycles. The number of aromatic nitrogens is 1. The number of anilines is 1. The van der Waals surface area contributed by atoms with E-state index < -0.39 is 0 Å². The van der Waals surface area contributed by atoms with E-state index in [9.17, 15) is 4.39 Å². The average Bonchev–Trinajstić information content (AvgIpc) is 2.53. The third-order valence-electron chi connectivity index (χ3n) is 2.27. The Bertz CT molecular complexity index is 485. The van der Waals surface area contributed by atoms with Crippen LogP contribution in [0.3, 0.4) is 0 Å². The van der Waals surface area contributed by atoms with Crippen LogP contribution in [0.1, 0.15) is 15.4 Å². The van der Waals surface area contributed by atoms with Gasteiger partial charge in [-0.05, 0) is 19.1 Å². The first-order valence-electron chi connectivity index (χ1n) is 4.72. The topological polar surface area (TPSA) is 38.9 Å². The van der Waals surface area contributed by atoms with Crippen LogP contribution in [0.5, 0.6) is 0 Å². The molecule has 0 saturated heterocycles. The monoisotopic (exact) mass is 256 g/mol. The molecule has 0 aliphatic rings. The summed E-state index contributed by atoms with van der Waals surface area (Å²) in [4.78, 5) is 5.11. The summed E-state index contributed by atoms with van der Waals surface area (Å²) in [5, 5.41) is 1.20. The summed E-state index contributed by atoms with van der Waals surface area (Å²) in [6.07, 6.45) is 0.383. The van der Waals surface area contributed by atoms with Gasteiger partial charge >= 0.3 is 0 Å². The Labute approximate surface area is 102 Å². The first-order valence-corrected chi connectivity index (χ1v) is 5.92. The predicted molar refractivity (Wildman–Crippen MR) is 65.5 cm³/mol. The Hall–Kier alpha value is -1.13. The van der Waals surface area contributed by atoms with Crippen LogP contribution in [-0.2, 0) is 6.42 Å². The third kappa shape index (κ3) is 2.18. The molecule has 5 heteroatoms. The van der Waals surface area contributed by atoms with Gasteiger partial charge in [-0.1, -0.05) is 17.7 Å². The zero-order valence-corrected chi connectivity index (χ0v) is 10.2. The summed E-state index contributed by atoms with van der Waals surface area (Å²) >= 11 is 7.40. The normalized spacial score (nSPS) is 10.7. The molecule has 0 aliphatic carbocycles. The average molecular weight is 257 g/mol. The highest BCUT2D eigenvalue weighted by Crippen LogP contribution is 2.26. The largest absolute Gasteiger partial charge is 0.383 e. The lowest BCUT2D eigenvalue weighted by molar-refractivity contribution is 0.614. The van der Waals surface area contributed by atoms with Crippen LogP contribution in [0.15, 0.2) is 18.2 Å². The van der Waals surface area contributed by atoms with Crippen molar-refractivity contribution in [2.24, 2.45) is 0 Å². The lowest BCUT2D eigenvalue weighted by Gasteiger charge is -2.02. The lowest BCUT2D eigenvalue weighted by atomic mass is 10.1. The molecule has 0 fully saturated rings. The fourth-order valence-corrected chi connectivity index (χ4v) is 2.49. The molecule has 0 atom stereocenters. The Balaban J connectivity index is 2.33. The van der Waals surface area contributed by atoms with Crippen molar-refractivity contribution in [2.75, 3.05) is 5.73 Å². The number of hydrogen-bond acceptors (Lipinski definition) is 3. The zero-order chi connectivity index (χ0) is 11.7. The Morgan fingerprint density at radius 2 is 2.25 bits per heavy atom. The van der Waals surface area contributed by atoms with Crippen molar-refractivity contribution >= 4 is 28.8 Å². The van der Waals surface area contributed by atoms with Gasteiger partial charge < -0.3 is 5.73 Å². The fraction of sp³-hybridized carbons (Fsp3) is 0.182. The maximum absolute atomic E-state index is 13.5. The van der Waals surface area contributed by atoms with Crippen molar-refractivity contribution in [3.05, 3.63) is 44.5 Å². The van der Waals surface area contributed by atoms with Crippen LogP contribution in [-0.4, -0.2) is 4.98 Å². The Kier molecular flexibility index (Phi) is 3.12. The molecule has 0 aliphatic heterocycles. The molecule has 16 heavy (non-hydrogen) atoms. The molecular weight excluding hydrogens is 247 g/mol. The first-order chi connectivity index (χ1) is 7.58. The highest BCUT2D eigenvalue weighted by Gasteiger charge is 2.11. The van der Waals surface area contributed by atoms with E-state index >= 15 is 0 Å². The molecular formula is C11H10ClFN2S. The van der Waals surface area contributed by atoms with Gasteiger partial charge in [-0.15, -0.1) is 11.3 Å². The predicted octanol–water partition coefficient (Wildman–Crippen LogP) is 3.42. The molecule has 84 valence electrons. The molecule has 0 amide bonds. The quantitative estimate of drug-likeness (QED) is 0.894. The summed E-state index contributed by atoms with van der Waals surface area (Å²) in [5.41, 5.74) is 6.11. The van der Waals surface area contributed by atoms with Gasteiger partial charge in [0.05, 0.1) is 5.01 Å². The molecule has 0 saturated carbocycles. The third-order valence-corrected chi connectivity index (χ3v) is 3.61. The van der Waals surface area contributed by atoms with Crippen LogP contribution in [0.4, 0.5) is 10.2 Å². The maximum atomic E-state index is 13.5. The van der Waals surface area contributed by atoms with Crippen molar-refractivity contribution in [2.45, 2.75) is 13.3 Å². The highest BCUT2D eigenvalue weighted by atomic mass is 35.5. The molecule has 1 aromatic heterocycles. The summed E-state index contributed by atoms with van der Waals surface area (Å²) < 4.78 is 13.5. The van der Waals surface area contributed by atoms with Crippen LogP contribution >= 0.6 is 22.9 Å². The maximum Gasteiger partial charge on any atom is 0.137 e. The Morgan fingerprint density at radius 3 is 2.81 bits per heavy atom. The van der Waals surface area contributed by atoms with Gasteiger partial charge in [0.1, 0.15) is 11.6 Å². The van der Waals surface area contributed by atoms with Gasteiger partial charge in [-0.25, -0.2) is 9.37 Å². The van der Waals surface area contributed by atoms with Crippen molar-refractivity contribution in [3.63, 3.8) is 0 Å². The van der Waals surface area contributed by atoms with Crippen LogP contribution < -0.4 is 5.73 Å². The van der Waals surface area contributed by atoms with Gasteiger partial charge in [0.25, 0.3) is 0 Å². The van der Waals surface area contributed by atoms with Gasteiger partial charge in [0.2, 0.25) is 0 Å². The van der Waals surface area contributed by atoms with Crippen molar-refractivity contribution in [1.82, 2.24) is 4.98 Å². The minimum Gasteiger partial charge on any atom is -0.383 e. The van der Waals surface area contributed by atoms with Crippen LogP contribution in [0.25, 0.3) is 0 Å². The van der Waals surface area contributed by atoms with Crippen molar-refractivity contribution < 1.29 is 4.39 Å². The SMILES string of the molecule is Cc1sc(Cc2c(F)cccc2Cl)nc1N. The van der Waals surface area contributed by atoms with Crippen molar-refractivity contribution in [3.8, 4) is 0 Å². The molecule has 1 heterocycles. The van der Waals surface area contributed by atoms with E-state index in [0.29, 0.717) is 22.8 Å². The van der Waals surface area contributed by atoms with E-state index in [0.717, 1.165) is 9.88 Å². The number of nitrogen functional groups attached to an aromatic ring is 1. The molecule has 2 nitrogen and oxygen atoms in total. The standard InChI is InChI=1S/C11H10ClFN2S/c1-6-11(14)15-10(16-6)5-7-8(12)3-2-4-9(7)13/h2-4H,5,14H2,1H3. The number of thiazole rings is 1. The molecule has 0 radical (unpaired) electrons. The first kappa shape index (κ1) is 11.4. The van der Waals surface area contributed by atoms with Gasteiger partial charge in [0.15, 0.2) is 0 Å².